The third kappa shape index (κ3) is 4.91. The predicted octanol–water partition coefficient (Wildman–Crippen LogP) is 2.78. The molecule has 3 heterocycles. The highest BCUT2D eigenvalue weighted by Gasteiger charge is 2.31. The maximum atomic E-state index is 13.1. The van der Waals surface area contributed by atoms with Crippen LogP contribution in [0.1, 0.15) is 33.1 Å². The summed E-state index contributed by atoms with van der Waals surface area (Å²) in [6.07, 6.45) is 5.80. The Labute approximate surface area is 188 Å². The molecule has 2 aliphatic heterocycles. The average Bonchev–Trinajstić information content (AvgIpc) is 2.79. The van der Waals surface area contributed by atoms with Crippen LogP contribution in [0, 0.1) is 11.8 Å². The minimum atomic E-state index is -0.0394. The first kappa shape index (κ1) is 22.2. The Balaban J connectivity index is 1.40. The SMILES string of the molecule is CC[C@H](C)C(=O)N1CCC(Oc2ccc(N(C(=O)C3CNC3)c3ccnnc3)cc2)CC1. The molecule has 2 amide bonds. The molecule has 1 aromatic heterocycles. The van der Waals surface area contributed by atoms with Crippen LogP contribution in [0.15, 0.2) is 42.7 Å². The first-order valence-electron chi connectivity index (χ1n) is 11.4. The highest BCUT2D eigenvalue weighted by molar-refractivity contribution is 6.02. The number of nitrogens with zero attached hydrogens (tertiary/aromatic N) is 4. The van der Waals surface area contributed by atoms with Gasteiger partial charge in [0, 0.05) is 50.6 Å². The van der Waals surface area contributed by atoms with E-state index in [1.165, 1.54) is 0 Å². The Hall–Kier alpha value is -3.00. The fraction of sp³-hybridized carbons (Fsp3) is 0.500. The van der Waals surface area contributed by atoms with Crippen molar-refractivity contribution in [2.24, 2.45) is 11.8 Å². The first-order chi connectivity index (χ1) is 15.6. The van der Waals surface area contributed by atoms with E-state index >= 15 is 0 Å². The lowest BCUT2D eigenvalue weighted by Crippen LogP contribution is -2.51. The molecule has 2 aromatic rings. The van der Waals surface area contributed by atoms with Crippen molar-refractivity contribution in [3.8, 4) is 5.75 Å². The van der Waals surface area contributed by atoms with Crippen LogP contribution >= 0.6 is 0 Å². The number of carbonyl (C=O) groups is 2. The molecule has 4 rings (SSSR count). The van der Waals surface area contributed by atoms with Crippen molar-refractivity contribution in [1.29, 1.82) is 0 Å². The zero-order valence-corrected chi connectivity index (χ0v) is 18.7. The number of likely N-dealkylation sites (tertiary alicyclic amines) is 1. The smallest absolute Gasteiger partial charge is 0.237 e. The standard InChI is InChI=1S/C24H31N5O3/c1-3-17(2)23(30)28-12-9-22(10-13-28)32-21-6-4-19(5-7-21)29(20-8-11-26-27-16-20)24(31)18-14-25-15-18/h4-8,11,16-18,22,25H,3,9-10,12-15H2,1-2H3/t17-/m0/s1. The van der Waals surface area contributed by atoms with Gasteiger partial charge in [0.05, 0.1) is 24.0 Å². The molecule has 1 N–H and O–H groups in total. The highest BCUT2D eigenvalue weighted by Crippen LogP contribution is 2.30. The molecule has 0 unspecified atom stereocenters. The molecule has 8 heteroatoms. The van der Waals surface area contributed by atoms with E-state index in [2.05, 4.69) is 15.5 Å². The van der Waals surface area contributed by atoms with E-state index < -0.39 is 0 Å². The number of benzene rings is 1. The minimum Gasteiger partial charge on any atom is -0.490 e. The van der Waals surface area contributed by atoms with E-state index in [4.69, 9.17) is 4.74 Å². The summed E-state index contributed by atoms with van der Waals surface area (Å²) in [4.78, 5) is 29.1. The van der Waals surface area contributed by atoms with Gasteiger partial charge in [0.2, 0.25) is 11.8 Å². The van der Waals surface area contributed by atoms with Crippen LogP contribution in [0.2, 0.25) is 0 Å². The normalized spacial score (nSPS) is 18.0. The number of amides is 2. The Morgan fingerprint density at radius 1 is 1.12 bits per heavy atom. The van der Waals surface area contributed by atoms with Crippen molar-refractivity contribution in [3.63, 3.8) is 0 Å². The molecule has 0 radical (unpaired) electrons. The summed E-state index contributed by atoms with van der Waals surface area (Å²) in [7, 11) is 0. The number of rotatable bonds is 7. The molecule has 1 aromatic carbocycles. The molecule has 2 aliphatic rings. The van der Waals surface area contributed by atoms with Crippen LogP contribution in [0.4, 0.5) is 11.4 Å². The first-order valence-corrected chi connectivity index (χ1v) is 11.4. The second-order valence-electron chi connectivity index (χ2n) is 8.58. The quantitative estimate of drug-likeness (QED) is 0.717. The second kappa shape index (κ2) is 10.1. The number of anilines is 2. The molecule has 2 fully saturated rings. The molecule has 0 bridgehead atoms. The van der Waals surface area contributed by atoms with Crippen LogP contribution in [0.5, 0.6) is 5.75 Å². The van der Waals surface area contributed by atoms with Gasteiger partial charge in [-0.15, -0.1) is 0 Å². The van der Waals surface area contributed by atoms with Crippen molar-refractivity contribution in [2.45, 2.75) is 39.2 Å². The van der Waals surface area contributed by atoms with Gasteiger partial charge in [-0.25, -0.2) is 0 Å². The second-order valence-corrected chi connectivity index (χ2v) is 8.58. The number of piperidine rings is 1. The van der Waals surface area contributed by atoms with Crippen LogP contribution in [-0.2, 0) is 9.59 Å². The van der Waals surface area contributed by atoms with E-state index in [0.717, 1.165) is 43.8 Å². The third-order valence-electron chi connectivity index (χ3n) is 6.36. The van der Waals surface area contributed by atoms with Gasteiger partial charge in [0.1, 0.15) is 11.9 Å². The number of nitrogens with one attached hydrogen (secondary N) is 1. The molecule has 8 nitrogen and oxygen atoms in total. The fourth-order valence-corrected chi connectivity index (χ4v) is 4.01. The lowest BCUT2D eigenvalue weighted by molar-refractivity contribution is -0.136. The van der Waals surface area contributed by atoms with Gasteiger partial charge >= 0.3 is 0 Å². The average molecular weight is 438 g/mol. The van der Waals surface area contributed by atoms with Gasteiger partial charge in [-0.3, -0.25) is 14.5 Å². The van der Waals surface area contributed by atoms with E-state index in [1.807, 2.05) is 43.0 Å². The zero-order chi connectivity index (χ0) is 22.5. The summed E-state index contributed by atoms with van der Waals surface area (Å²) in [5, 5.41) is 10.9. The minimum absolute atomic E-state index is 0.0394. The van der Waals surface area contributed by atoms with E-state index in [9.17, 15) is 9.59 Å². The molecular weight excluding hydrogens is 406 g/mol. The summed E-state index contributed by atoms with van der Waals surface area (Å²) in [5.41, 5.74) is 1.47. The van der Waals surface area contributed by atoms with E-state index in [-0.39, 0.29) is 29.8 Å². The summed E-state index contributed by atoms with van der Waals surface area (Å²) in [6.45, 7) is 6.88. The topological polar surface area (TPSA) is 87.7 Å². The molecule has 170 valence electrons. The lowest BCUT2D eigenvalue weighted by Gasteiger charge is -2.34. The third-order valence-corrected chi connectivity index (χ3v) is 6.36. The van der Waals surface area contributed by atoms with Gasteiger partial charge in [0.15, 0.2) is 0 Å². The van der Waals surface area contributed by atoms with Crippen LogP contribution < -0.4 is 15.0 Å². The van der Waals surface area contributed by atoms with Crippen molar-refractivity contribution in [3.05, 3.63) is 42.7 Å². The van der Waals surface area contributed by atoms with Crippen molar-refractivity contribution < 1.29 is 14.3 Å². The fourth-order valence-electron chi connectivity index (χ4n) is 4.01. The maximum Gasteiger partial charge on any atom is 0.237 e. The van der Waals surface area contributed by atoms with Crippen molar-refractivity contribution in [1.82, 2.24) is 20.4 Å². The molecule has 0 aliphatic carbocycles. The Kier molecular flexibility index (Phi) is 6.99. The van der Waals surface area contributed by atoms with Crippen LogP contribution in [0.3, 0.4) is 0 Å². The van der Waals surface area contributed by atoms with Crippen molar-refractivity contribution >= 4 is 23.2 Å². The molecule has 1 atom stereocenters. The number of hydrogen-bond donors (Lipinski definition) is 1. The Morgan fingerprint density at radius 3 is 2.41 bits per heavy atom. The molecular formula is C24H31N5O3. The van der Waals surface area contributed by atoms with Gasteiger partial charge in [-0.05, 0) is 36.8 Å². The molecule has 0 saturated carbocycles. The van der Waals surface area contributed by atoms with Gasteiger partial charge in [-0.1, -0.05) is 13.8 Å². The molecule has 2 saturated heterocycles. The zero-order valence-electron chi connectivity index (χ0n) is 18.7. The van der Waals surface area contributed by atoms with E-state index in [1.54, 1.807) is 23.4 Å². The summed E-state index contributed by atoms with van der Waals surface area (Å²) in [5.74, 6) is 1.10. The highest BCUT2D eigenvalue weighted by atomic mass is 16.5. The Bertz CT molecular complexity index is 909. The van der Waals surface area contributed by atoms with E-state index in [0.29, 0.717) is 18.8 Å². The lowest BCUT2D eigenvalue weighted by atomic mass is 10.0. The van der Waals surface area contributed by atoms with Crippen LogP contribution in [-0.4, -0.2) is 59.2 Å². The number of ether oxygens (including phenoxy) is 1. The molecule has 32 heavy (non-hydrogen) atoms. The number of carbonyl (C=O) groups excluding carboxylic acids is 2. The predicted molar refractivity (Wildman–Crippen MR) is 122 cm³/mol. The summed E-state index contributed by atoms with van der Waals surface area (Å²) >= 11 is 0. The monoisotopic (exact) mass is 437 g/mol. The number of hydrogen-bond acceptors (Lipinski definition) is 6. The van der Waals surface area contributed by atoms with Gasteiger partial charge in [0.25, 0.3) is 0 Å². The number of aromatic nitrogens is 2. The summed E-state index contributed by atoms with van der Waals surface area (Å²) < 4.78 is 6.18. The van der Waals surface area contributed by atoms with Gasteiger partial charge < -0.3 is 15.0 Å². The summed E-state index contributed by atoms with van der Waals surface area (Å²) in [6, 6.07) is 9.40. The van der Waals surface area contributed by atoms with Gasteiger partial charge in [-0.2, -0.15) is 10.2 Å². The maximum absolute atomic E-state index is 13.1. The largest absolute Gasteiger partial charge is 0.490 e. The van der Waals surface area contributed by atoms with Crippen LogP contribution in [0.25, 0.3) is 0 Å². The Morgan fingerprint density at radius 2 is 1.84 bits per heavy atom. The molecule has 0 spiro atoms. The van der Waals surface area contributed by atoms with Crippen molar-refractivity contribution in [2.75, 3.05) is 31.1 Å².